The molecule has 0 spiro atoms. The fourth-order valence-electron chi connectivity index (χ4n) is 3.03. The molecule has 0 aromatic heterocycles. The van der Waals surface area contributed by atoms with Gasteiger partial charge in [0.25, 0.3) is 0 Å². The van der Waals surface area contributed by atoms with Crippen LogP contribution in [-0.2, 0) is 5.41 Å². The van der Waals surface area contributed by atoms with E-state index in [1.807, 2.05) is 6.07 Å². The van der Waals surface area contributed by atoms with Crippen molar-refractivity contribution in [1.29, 1.82) is 0 Å². The normalized spacial score (nSPS) is 35.9. The zero-order valence-corrected chi connectivity index (χ0v) is 7.59. The number of benzene rings is 1. The molecule has 1 aromatic rings. The second kappa shape index (κ2) is 2.34. The summed E-state index contributed by atoms with van der Waals surface area (Å²) in [6.07, 6.45) is 5.27. The predicted octanol–water partition coefficient (Wildman–Crippen LogP) is 3.27. The smallest absolute Gasteiger partial charge is 0.123 e. The molecule has 0 heterocycles. The van der Waals surface area contributed by atoms with Crippen LogP contribution in [0, 0.1) is 11.7 Å². The highest BCUT2D eigenvalue weighted by atomic mass is 19.1. The van der Waals surface area contributed by atoms with Gasteiger partial charge in [-0.2, -0.15) is 0 Å². The summed E-state index contributed by atoms with van der Waals surface area (Å²) in [4.78, 5) is 0. The van der Waals surface area contributed by atoms with Gasteiger partial charge in [-0.1, -0.05) is 18.6 Å². The molecule has 2 aliphatic rings. The van der Waals surface area contributed by atoms with Crippen LogP contribution in [0.4, 0.5) is 4.39 Å². The van der Waals surface area contributed by atoms with Crippen molar-refractivity contribution in [2.24, 2.45) is 5.92 Å². The second-order valence-corrected chi connectivity index (χ2v) is 4.46. The molecule has 0 amide bonds. The molecule has 0 nitrogen and oxygen atoms in total. The molecule has 1 heteroatoms. The summed E-state index contributed by atoms with van der Waals surface area (Å²) in [5.41, 5.74) is 1.65. The van der Waals surface area contributed by atoms with Crippen LogP contribution in [0.3, 0.4) is 0 Å². The van der Waals surface area contributed by atoms with Gasteiger partial charge in [0, 0.05) is 0 Å². The van der Waals surface area contributed by atoms with Crippen LogP contribution in [0.25, 0.3) is 0 Å². The Morgan fingerprint density at radius 3 is 2.92 bits per heavy atom. The first-order valence-electron chi connectivity index (χ1n) is 5.07. The standard InChI is InChI=1S/C12H13F/c13-11-5-1-3-9(7-11)12-6-2-4-10(12)8-12/h1,3,5,7,10H,2,4,6,8H2. The Balaban J connectivity index is 2.01. The number of hydrogen-bond donors (Lipinski definition) is 0. The van der Waals surface area contributed by atoms with Crippen LogP contribution in [0.2, 0.25) is 0 Å². The minimum Gasteiger partial charge on any atom is -0.207 e. The fraction of sp³-hybridized carbons (Fsp3) is 0.500. The SMILES string of the molecule is Fc1cccc(C23CCCC2C3)c1. The van der Waals surface area contributed by atoms with Crippen molar-refractivity contribution < 1.29 is 4.39 Å². The zero-order valence-electron chi connectivity index (χ0n) is 7.59. The number of fused-ring (bicyclic) bond motifs is 1. The van der Waals surface area contributed by atoms with Crippen LogP contribution >= 0.6 is 0 Å². The monoisotopic (exact) mass is 176 g/mol. The third-order valence-corrected chi connectivity index (χ3v) is 3.81. The van der Waals surface area contributed by atoms with Gasteiger partial charge >= 0.3 is 0 Å². The van der Waals surface area contributed by atoms with E-state index in [-0.39, 0.29) is 5.82 Å². The molecule has 0 bridgehead atoms. The summed E-state index contributed by atoms with van der Waals surface area (Å²) in [7, 11) is 0. The van der Waals surface area contributed by atoms with Gasteiger partial charge in [0.1, 0.15) is 5.82 Å². The highest BCUT2D eigenvalue weighted by molar-refractivity contribution is 5.35. The zero-order chi connectivity index (χ0) is 8.89. The molecule has 3 rings (SSSR count). The van der Waals surface area contributed by atoms with Crippen molar-refractivity contribution in [3.05, 3.63) is 35.6 Å². The average molecular weight is 176 g/mol. The van der Waals surface area contributed by atoms with E-state index in [2.05, 4.69) is 6.07 Å². The molecular weight excluding hydrogens is 163 g/mol. The Labute approximate surface area is 77.8 Å². The second-order valence-electron chi connectivity index (χ2n) is 4.46. The summed E-state index contributed by atoms with van der Waals surface area (Å²) in [6, 6.07) is 7.19. The quantitative estimate of drug-likeness (QED) is 0.616. The Morgan fingerprint density at radius 1 is 1.38 bits per heavy atom. The van der Waals surface area contributed by atoms with Crippen LogP contribution in [0.1, 0.15) is 31.2 Å². The Morgan fingerprint density at radius 2 is 2.31 bits per heavy atom. The molecule has 0 radical (unpaired) electrons. The summed E-state index contributed by atoms with van der Waals surface area (Å²) in [6.45, 7) is 0. The molecule has 1 aromatic carbocycles. The van der Waals surface area contributed by atoms with Crippen molar-refractivity contribution in [3.63, 3.8) is 0 Å². The molecular formula is C12H13F. The maximum Gasteiger partial charge on any atom is 0.123 e. The van der Waals surface area contributed by atoms with Crippen molar-refractivity contribution in [2.75, 3.05) is 0 Å². The van der Waals surface area contributed by atoms with Gasteiger partial charge in [0.2, 0.25) is 0 Å². The lowest BCUT2D eigenvalue weighted by atomic mass is 9.93. The minimum atomic E-state index is -0.0792. The molecule has 2 saturated carbocycles. The Bertz CT molecular complexity index is 345. The van der Waals surface area contributed by atoms with E-state index in [4.69, 9.17) is 0 Å². The highest BCUT2D eigenvalue weighted by Gasteiger charge is 2.57. The van der Waals surface area contributed by atoms with Crippen LogP contribution < -0.4 is 0 Å². The van der Waals surface area contributed by atoms with Gasteiger partial charge in [-0.3, -0.25) is 0 Å². The molecule has 2 aliphatic carbocycles. The number of halogens is 1. The van der Waals surface area contributed by atoms with Crippen molar-refractivity contribution in [1.82, 2.24) is 0 Å². The molecule has 2 atom stereocenters. The van der Waals surface area contributed by atoms with Crippen molar-refractivity contribution in [2.45, 2.75) is 31.1 Å². The van der Waals surface area contributed by atoms with Crippen LogP contribution in [-0.4, -0.2) is 0 Å². The molecule has 13 heavy (non-hydrogen) atoms. The van der Waals surface area contributed by atoms with Gasteiger partial charge in [0.15, 0.2) is 0 Å². The number of rotatable bonds is 1. The van der Waals surface area contributed by atoms with Gasteiger partial charge in [-0.05, 0) is 48.3 Å². The van der Waals surface area contributed by atoms with Crippen molar-refractivity contribution >= 4 is 0 Å². The first-order valence-corrected chi connectivity index (χ1v) is 5.07. The molecule has 68 valence electrons. The van der Waals surface area contributed by atoms with E-state index in [0.717, 1.165) is 5.92 Å². The fourth-order valence-corrected chi connectivity index (χ4v) is 3.03. The third-order valence-electron chi connectivity index (χ3n) is 3.81. The van der Waals surface area contributed by atoms with Gasteiger partial charge < -0.3 is 0 Å². The topological polar surface area (TPSA) is 0 Å². The third kappa shape index (κ3) is 0.962. The van der Waals surface area contributed by atoms with Gasteiger partial charge in [0.05, 0.1) is 0 Å². The van der Waals surface area contributed by atoms with Gasteiger partial charge in [-0.15, -0.1) is 0 Å². The molecule has 0 aliphatic heterocycles. The van der Waals surface area contributed by atoms with Crippen LogP contribution in [0.15, 0.2) is 24.3 Å². The summed E-state index contributed by atoms with van der Waals surface area (Å²) in [5, 5.41) is 0. The maximum absolute atomic E-state index is 13.0. The van der Waals surface area contributed by atoms with E-state index in [0.29, 0.717) is 5.41 Å². The van der Waals surface area contributed by atoms with Gasteiger partial charge in [-0.25, -0.2) is 4.39 Å². The summed E-state index contributed by atoms with van der Waals surface area (Å²) >= 11 is 0. The lowest BCUT2D eigenvalue weighted by Gasteiger charge is -2.11. The van der Waals surface area contributed by atoms with E-state index < -0.39 is 0 Å². The Kier molecular flexibility index (Phi) is 1.36. The summed E-state index contributed by atoms with van der Waals surface area (Å²) < 4.78 is 13.0. The first-order chi connectivity index (χ1) is 6.31. The Hall–Kier alpha value is -0.850. The maximum atomic E-state index is 13.0. The minimum absolute atomic E-state index is 0.0792. The highest BCUT2D eigenvalue weighted by Crippen LogP contribution is 2.64. The van der Waals surface area contributed by atoms with E-state index in [1.54, 1.807) is 6.07 Å². The predicted molar refractivity (Wildman–Crippen MR) is 50.0 cm³/mol. The van der Waals surface area contributed by atoms with E-state index in [9.17, 15) is 4.39 Å². The average Bonchev–Trinajstić information content (AvgIpc) is 2.70. The van der Waals surface area contributed by atoms with Crippen molar-refractivity contribution in [3.8, 4) is 0 Å². The largest absolute Gasteiger partial charge is 0.207 e. The van der Waals surface area contributed by atoms with E-state index >= 15 is 0 Å². The molecule has 2 fully saturated rings. The number of hydrogen-bond acceptors (Lipinski definition) is 0. The van der Waals surface area contributed by atoms with E-state index in [1.165, 1.54) is 37.3 Å². The van der Waals surface area contributed by atoms with Crippen LogP contribution in [0.5, 0.6) is 0 Å². The molecule has 2 unspecified atom stereocenters. The summed E-state index contributed by atoms with van der Waals surface area (Å²) in [5.74, 6) is 0.790. The molecule has 0 saturated heterocycles. The molecule has 0 N–H and O–H groups in total. The first kappa shape index (κ1) is 7.54. The lowest BCUT2D eigenvalue weighted by molar-refractivity contribution is 0.608. The lowest BCUT2D eigenvalue weighted by Crippen LogP contribution is -2.04.